The van der Waals surface area contributed by atoms with Crippen molar-refractivity contribution in [2.75, 3.05) is 0 Å². The molecule has 10 rings (SSSR count). The zero-order chi connectivity index (χ0) is 33.0. The summed E-state index contributed by atoms with van der Waals surface area (Å²) in [7, 11) is 0. The number of hydrogen-bond acceptors (Lipinski definition) is 2. The van der Waals surface area contributed by atoms with Gasteiger partial charge in [-0.3, -0.25) is 0 Å². The zero-order valence-corrected chi connectivity index (χ0v) is 27.4. The molecule has 0 fully saturated rings. The number of aromatic nitrogens is 4. The Morgan fingerprint density at radius 1 is 0.440 bits per heavy atom. The Kier molecular flexibility index (Phi) is 6.59. The maximum atomic E-state index is 5.28. The molecule has 0 aliphatic heterocycles. The molecule has 0 N–H and O–H groups in total. The minimum atomic E-state index is 0.706. The first-order valence-corrected chi connectivity index (χ1v) is 17.2. The highest BCUT2D eigenvalue weighted by atomic mass is 15.0. The van der Waals surface area contributed by atoms with Crippen molar-refractivity contribution in [3.63, 3.8) is 0 Å². The molecule has 1 aliphatic rings. The highest BCUT2D eigenvalue weighted by molar-refractivity contribution is 6.09. The lowest BCUT2D eigenvalue weighted by Crippen LogP contribution is -2.04. The van der Waals surface area contributed by atoms with Gasteiger partial charge in [-0.05, 0) is 66.9 Å². The molecule has 0 saturated heterocycles. The monoisotopic (exact) mass is 640 g/mol. The average molecular weight is 641 g/mol. The van der Waals surface area contributed by atoms with Crippen LogP contribution in [0.15, 0.2) is 164 Å². The molecular formula is C46H32N4. The first-order chi connectivity index (χ1) is 24.8. The van der Waals surface area contributed by atoms with Crippen molar-refractivity contribution in [2.24, 2.45) is 0 Å². The summed E-state index contributed by atoms with van der Waals surface area (Å²) in [5, 5.41) is 3.79. The molecule has 0 saturated carbocycles. The fraction of sp³-hybridized carbons (Fsp3) is 0.0435. The van der Waals surface area contributed by atoms with E-state index in [0.29, 0.717) is 5.82 Å². The molecule has 50 heavy (non-hydrogen) atoms. The van der Waals surface area contributed by atoms with E-state index in [9.17, 15) is 0 Å². The predicted octanol–water partition coefficient (Wildman–Crippen LogP) is 11.5. The normalized spacial score (nSPS) is 12.6. The summed E-state index contributed by atoms with van der Waals surface area (Å²) < 4.78 is 4.85. The number of aryl methyl sites for hydroxylation is 1. The van der Waals surface area contributed by atoms with Crippen molar-refractivity contribution in [2.45, 2.75) is 12.8 Å². The van der Waals surface area contributed by atoms with Crippen molar-refractivity contribution in [3.05, 3.63) is 175 Å². The molecular weight excluding hydrogens is 609 g/mol. The topological polar surface area (TPSA) is 35.6 Å². The minimum absolute atomic E-state index is 0.706. The smallest absolute Gasteiger partial charge is 0.160 e. The van der Waals surface area contributed by atoms with Gasteiger partial charge in [0.1, 0.15) is 0 Å². The second-order valence-corrected chi connectivity index (χ2v) is 13.0. The number of benzene rings is 6. The van der Waals surface area contributed by atoms with Gasteiger partial charge in [-0.2, -0.15) is 0 Å². The molecule has 1 aliphatic carbocycles. The lowest BCUT2D eigenvalue weighted by Gasteiger charge is -2.17. The lowest BCUT2D eigenvalue weighted by atomic mass is 10.0. The van der Waals surface area contributed by atoms with Gasteiger partial charge >= 0.3 is 0 Å². The van der Waals surface area contributed by atoms with Crippen molar-refractivity contribution in [1.82, 2.24) is 19.1 Å². The van der Waals surface area contributed by atoms with Gasteiger partial charge in [0.25, 0.3) is 0 Å². The van der Waals surface area contributed by atoms with Gasteiger partial charge in [0, 0.05) is 49.9 Å². The van der Waals surface area contributed by atoms with Gasteiger partial charge in [-0.1, -0.05) is 121 Å². The van der Waals surface area contributed by atoms with Crippen LogP contribution in [0, 0.1) is 0 Å². The van der Waals surface area contributed by atoms with Gasteiger partial charge in [0.15, 0.2) is 5.82 Å². The SMILES string of the molecule is C1=Cc2c(c3ccccc3n2-c2cc(-c3cc(-c4ccccc4)nc(-c4ccccc4)n3)cc(-n3c4ccccc4c4ccccc43)c2)CC1. The van der Waals surface area contributed by atoms with Crippen LogP contribution >= 0.6 is 0 Å². The molecule has 4 heteroatoms. The van der Waals surface area contributed by atoms with Gasteiger partial charge in [0.2, 0.25) is 0 Å². The van der Waals surface area contributed by atoms with Gasteiger partial charge < -0.3 is 9.13 Å². The van der Waals surface area contributed by atoms with Gasteiger partial charge in [-0.25, -0.2) is 9.97 Å². The minimum Gasteiger partial charge on any atom is -0.309 e. The Bertz CT molecular complexity index is 2640. The Hall–Kier alpha value is -6.52. The quantitative estimate of drug-likeness (QED) is 0.188. The van der Waals surface area contributed by atoms with Crippen LogP contribution in [0.25, 0.3) is 84.1 Å². The predicted molar refractivity (Wildman–Crippen MR) is 207 cm³/mol. The van der Waals surface area contributed by atoms with E-state index < -0.39 is 0 Å². The van der Waals surface area contributed by atoms with E-state index >= 15 is 0 Å². The highest BCUT2D eigenvalue weighted by Crippen LogP contribution is 2.39. The largest absolute Gasteiger partial charge is 0.309 e. The zero-order valence-electron chi connectivity index (χ0n) is 27.4. The van der Waals surface area contributed by atoms with Crippen LogP contribution in [0.4, 0.5) is 0 Å². The molecule has 4 nitrogen and oxygen atoms in total. The number of allylic oxidation sites excluding steroid dienone is 1. The third-order valence-corrected chi connectivity index (χ3v) is 9.98. The molecule has 0 bridgehead atoms. The number of hydrogen-bond donors (Lipinski definition) is 0. The third kappa shape index (κ3) is 4.61. The second-order valence-electron chi connectivity index (χ2n) is 13.0. The Morgan fingerprint density at radius 3 is 1.62 bits per heavy atom. The van der Waals surface area contributed by atoms with Crippen LogP contribution in [0.1, 0.15) is 17.7 Å². The number of fused-ring (bicyclic) bond motifs is 6. The summed E-state index contributed by atoms with van der Waals surface area (Å²) in [6.45, 7) is 0. The summed E-state index contributed by atoms with van der Waals surface area (Å²) in [5.41, 5.74) is 13.3. The first-order valence-electron chi connectivity index (χ1n) is 17.2. The van der Waals surface area contributed by atoms with Gasteiger partial charge in [0.05, 0.1) is 27.9 Å². The average Bonchev–Trinajstić information content (AvgIpc) is 3.71. The molecule has 0 atom stereocenters. The van der Waals surface area contributed by atoms with Crippen LogP contribution in [0.3, 0.4) is 0 Å². The summed E-state index contributed by atoms with van der Waals surface area (Å²) in [5.74, 6) is 0.706. The maximum Gasteiger partial charge on any atom is 0.160 e. The van der Waals surface area contributed by atoms with E-state index in [1.54, 1.807) is 0 Å². The highest BCUT2D eigenvalue weighted by Gasteiger charge is 2.21. The molecule has 0 amide bonds. The third-order valence-electron chi connectivity index (χ3n) is 9.98. The Morgan fingerprint density at radius 2 is 0.960 bits per heavy atom. The van der Waals surface area contributed by atoms with Gasteiger partial charge in [-0.15, -0.1) is 0 Å². The molecule has 0 radical (unpaired) electrons. The van der Waals surface area contributed by atoms with Crippen LogP contribution < -0.4 is 0 Å². The molecule has 0 spiro atoms. The van der Waals surface area contributed by atoms with E-state index in [1.165, 1.54) is 44.0 Å². The van der Waals surface area contributed by atoms with Crippen molar-refractivity contribution in [1.29, 1.82) is 0 Å². The first kappa shape index (κ1) is 28.5. The molecule has 6 aromatic carbocycles. The molecule has 0 unspecified atom stereocenters. The lowest BCUT2D eigenvalue weighted by molar-refractivity contribution is 0.966. The van der Waals surface area contributed by atoms with Crippen molar-refractivity contribution >= 4 is 38.8 Å². The number of para-hydroxylation sites is 3. The summed E-state index contributed by atoms with van der Waals surface area (Å²) >= 11 is 0. The summed E-state index contributed by atoms with van der Waals surface area (Å²) in [6.07, 6.45) is 6.69. The van der Waals surface area contributed by atoms with Crippen LogP contribution in [-0.4, -0.2) is 19.1 Å². The number of rotatable bonds is 5. The fourth-order valence-electron chi connectivity index (χ4n) is 7.74. The van der Waals surface area contributed by atoms with E-state index in [1.807, 2.05) is 24.3 Å². The van der Waals surface area contributed by atoms with E-state index in [4.69, 9.17) is 9.97 Å². The van der Waals surface area contributed by atoms with Crippen LogP contribution in [-0.2, 0) is 6.42 Å². The van der Waals surface area contributed by atoms with E-state index in [-0.39, 0.29) is 0 Å². The molecule has 236 valence electrons. The van der Waals surface area contributed by atoms with E-state index in [0.717, 1.165) is 52.3 Å². The summed E-state index contributed by atoms with van der Waals surface area (Å²) in [4.78, 5) is 10.4. The maximum absolute atomic E-state index is 5.28. The molecule has 3 aromatic heterocycles. The molecule has 9 aromatic rings. The van der Waals surface area contributed by atoms with Crippen LogP contribution in [0.2, 0.25) is 0 Å². The Labute approximate surface area is 290 Å². The van der Waals surface area contributed by atoms with Crippen molar-refractivity contribution in [3.8, 4) is 45.3 Å². The second kappa shape index (κ2) is 11.6. The standard InChI is InChI=1S/C46H32N4/c1-3-15-31(16-4-1)40-30-41(48-46(47-40)32-17-5-2-6-18-32)33-27-34(49-42-23-11-7-19-36(42)37-20-8-12-24-43(37)49)29-35(28-33)50-44-25-13-9-21-38(44)39-22-10-14-26-45(39)50/h1-9,11-21,23-30H,10,22H2. The van der Waals surface area contributed by atoms with Crippen molar-refractivity contribution < 1.29 is 0 Å². The van der Waals surface area contributed by atoms with Crippen LogP contribution in [0.5, 0.6) is 0 Å². The summed E-state index contributed by atoms with van der Waals surface area (Å²) in [6, 6.07) is 56.0. The van der Waals surface area contributed by atoms with E-state index in [2.05, 4.69) is 155 Å². The Balaban J connectivity index is 1.30. The number of nitrogens with zero attached hydrogens (tertiary/aromatic N) is 4. The fourth-order valence-corrected chi connectivity index (χ4v) is 7.74. The molecule has 3 heterocycles.